The molecule has 0 radical (unpaired) electrons. The summed E-state index contributed by atoms with van der Waals surface area (Å²) in [5.74, 6) is 1.11. The van der Waals surface area contributed by atoms with E-state index in [1.165, 1.54) is 0 Å². The van der Waals surface area contributed by atoms with Gasteiger partial charge < -0.3 is 18.5 Å². The summed E-state index contributed by atoms with van der Waals surface area (Å²) in [5.41, 5.74) is 3.98. The maximum Gasteiger partial charge on any atom is 0.335 e. The third kappa shape index (κ3) is 4.60. The van der Waals surface area contributed by atoms with Gasteiger partial charge >= 0.3 is 5.97 Å². The number of ether oxygens (including phenoxy) is 2. The molecule has 0 aliphatic rings. The number of hydrogen-bond acceptors (Lipinski definition) is 5. The molecule has 6 heteroatoms. The van der Waals surface area contributed by atoms with Gasteiger partial charge in [-0.15, -0.1) is 0 Å². The first-order valence-electron chi connectivity index (χ1n) is 11.0. The molecule has 0 bridgehead atoms. The van der Waals surface area contributed by atoms with Crippen LogP contribution in [0.5, 0.6) is 0 Å². The molecular formula is C26H28N2O4. The number of fused-ring (bicyclic) bond motifs is 1. The summed E-state index contributed by atoms with van der Waals surface area (Å²) < 4.78 is 18.9. The van der Waals surface area contributed by atoms with Gasteiger partial charge in [0.2, 0.25) is 5.89 Å². The highest BCUT2D eigenvalue weighted by Gasteiger charge is 2.22. The molecule has 0 fully saturated rings. The predicted molar refractivity (Wildman–Crippen MR) is 123 cm³/mol. The first-order chi connectivity index (χ1) is 15.6. The molecule has 0 spiro atoms. The number of hydrogen-bond donors (Lipinski definition) is 0. The van der Waals surface area contributed by atoms with Gasteiger partial charge in [0, 0.05) is 35.7 Å². The second-order valence-corrected chi connectivity index (χ2v) is 7.58. The van der Waals surface area contributed by atoms with Crippen molar-refractivity contribution in [3.8, 4) is 11.5 Å². The lowest BCUT2D eigenvalue weighted by molar-refractivity contribution is -0.156. The molecule has 0 amide bonds. The third-order valence-electron chi connectivity index (χ3n) is 5.46. The zero-order valence-electron chi connectivity index (χ0n) is 18.7. The van der Waals surface area contributed by atoms with Crippen molar-refractivity contribution >= 4 is 16.9 Å². The molecule has 2 aromatic heterocycles. The highest BCUT2D eigenvalue weighted by molar-refractivity contribution is 5.85. The molecule has 4 aromatic rings. The number of aromatic nitrogens is 2. The van der Waals surface area contributed by atoms with E-state index < -0.39 is 6.10 Å². The predicted octanol–water partition coefficient (Wildman–Crippen LogP) is 5.16. The first-order valence-corrected chi connectivity index (χ1v) is 11.0. The molecule has 4 rings (SSSR count). The van der Waals surface area contributed by atoms with Crippen molar-refractivity contribution in [2.75, 3.05) is 13.2 Å². The quantitative estimate of drug-likeness (QED) is 0.342. The molecule has 6 nitrogen and oxygen atoms in total. The zero-order valence-corrected chi connectivity index (χ0v) is 18.7. The normalized spacial score (nSPS) is 12.2. The van der Waals surface area contributed by atoms with Crippen LogP contribution in [0.4, 0.5) is 0 Å². The Hall–Kier alpha value is -3.38. The molecule has 2 aromatic carbocycles. The van der Waals surface area contributed by atoms with E-state index in [2.05, 4.69) is 16.7 Å². The largest absolute Gasteiger partial charge is 0.464 e. The van der Waals surface area contributed by atoms with E-state index in [4.69, 9.17) is 18.9 Å². The summed E-state index contributed by atoms with van der Waals surface area (Å²) in [6, 6.07) is 18.1. The molecular weight excluding hydrogens is 404 g/mol. The molecule has 0 saturated carbocycles. The van der Waals surface area contributed by atoms with Gasteiger partial charge in [0.05, 0.1) is 13.2 Å². The van der Waals surface area contributed by atoms with Gasteiger partial charge in [-0.25, -0.2) is 9.78 Å². The maximum atomic E-state index is 12.3. The highest BCUT2D eigenvalue weighted by Crippen LogP contribution is 2.26. The van der Waals surface area contributed by atoms with Gasteiger partial charge in [0.25, 0.3) is 0 Å². The third-order valence-corrected chi connectivity index (χ3v) is 5.46. The SMILES string of the molecule is CCOC(=O)C(Cc1cccc2c1ccn2Cc1nc(-c2ccccc2)oc1C)OCC. The van der Waals surface area contributed by atoms with Crippen LogP contribution in [0.3, 0.4) is 0 Å². The molecule has 2 heterocycles. The van der Waals surface area contributed by atoms with Crippen LogP contribution in [0.15, 0.2) is 65.2 Å². The monoisotopic (exact) mass is 432 g/mol. The summed E-state index contributed by atoms with van der Waals surface area (Å²) in [6.45, 7) is 7.02. The van der Waals surface area contributed by atoms with Crippen LogP contribution in [-0.2, 0) is 27.2 Å². The topological polar surface area (TPSA) is 66.5 Å². The zero-order chi connectivity index (χ0) is 22.5. The summed E-state index contributed by atoms with van der Waals surface area (Å²) >= 11 is 0. The Balaban J connectivity index is 1.60. The average molecular weight is 433 g/mol. The van der Waals surface area contributed by atoms with E-state index in [0.717, 1.165) is 33.5 Å². The summed E-state index contributed by atoms with van der Waals surface area (Å²) in [7, 11) is 0. The van der Waals surface area contributed by atoms with Gasteiger partial charge in [0.1, 0.15) is 11.5 Å². The lowest BCUT2D eigenvalue weighted by atomic mass is 10.0. The number of esters is 1. The minimum Gasteiger partial charge on any atom is -0.464 e. The van der Waals surface area contributed by atoms with Crippen LogP contribution in [0.1, 0.15) is 30.9 Å². The van der Waals surface area contributed by atoms with Gasteiger partial charge in [-0.3, -0.25) is 0 Å². The van der Waals surface area contributed by atoms with Crippen molar-refractivity contribution in [2.45, 2.75) is 39.8 Å². The molecule has 0 aliphatic carbocycles. The van der Waals surface area contributed by atoms with Crippen molar-refractivity contribution in [1.82, 2.24) is 9.55 Å². The van der Waals surface area contributed by atoms with E-state index in [9.17, 15) is 4.79 Å². The maximum absolute atomic E-state index is 12.3. The second kappa shape index (κ2) is 9.83. The standard InChI is InChI=1S/C26H28N2O4/c1-4-30-24(26(29)31-5-2)16-20-12-9-13-23-21(20)14-15-28(23)17-22-18(3)32-25(27-22)19-10-7-6-8-11-19/h6-15,24H,4-5,16-17H2,1-3H3. The average Bonchev–Trinajstić information content (AvgIpc) is 3.39. The molecule has 1 atom stereocenters. The number of carbonyl (C=O) groups excluding carboxylic acids is 1. The Morgan fingerprint density at radius 3 is 2.62 bits per heavy atom. The summed E-state index contributed by atoms with van der Waals surface area (Å²) in [6.07, 6.45) is 1.90. The van der Waals surface area contributed by atoms with E-state index in [0.29, 0.717) is 32.1 Å². The van der Waals surface area contributed by atoms with Crippen molar-refractivity contribution in [3.05, 3.63) is 77.8 Å². The fraction of sp³-hybridized carbons (Fsp3) is 0.308. The number of oxazole rings is 1. The first kappa shape index (κ1) is 21.8. The van der Waals surface area contributed by atoms with Crippen molar-refractivity contribution < 1.29 is 18.7 Å². The van der Waals surface area contributed by atoms with Crippen molar-refractivity contribution in [1.29, 1.82) is 0 Å². The Bertz CT molecular complexity index is 1190. The van der Waals surface area contributed by atoms with Crippen LogP contribution < -0.4 is 0 Å². The summed E-state index contributed by atoms with van der Waals surface area (Å²) in [4.78, 5) is 17.0. The fourth-order valence-electron chi connectivity index (χ4n) is 3.89. The molecule has 0 aliphatic heterocycles. The van der Waals surface area contributed by atoms with Gasteiger partial charge in [-0.2, -0.15) is 0 Å². The molecule has 0 saturated heterocycles. The Morgan fingerprint density at radius 2 is 1.88 bits per heavy atom. The van der Waals surface area contributed by atoms with Gasteiger partial charge in [-0.05, 0) is 50.6 Å². The van der Waals surface area contributed by atoms with E-state index in [1.54, 1.807) is 6.92 Å². The molecule has 1 unspecified atom stereocenters. The highest BCUT2D eigenvalue weighted by atomic mass is 16.6. The van der Waals surface area contributed by atoms with Crippen LogP contribution in [0.25, 0.3) is 22.4 Å². The smallest absolute Gasteiger partial charge is 0.335 e. The number of aryl methyl sites for hydroxylation is 1. The van der Waals surface area contributed by atoms with E-state index in [-0.39, 0.29) is 5.97 Å². The van der Waals surface area contributed by atoms with Crippen LogP contribution in [0.2, 0.25) is 0 Å². The number of benzene rings is 2. The van der Waals surface area contributed by atoms with Crippen LogP contribution in [0, 0.1) is 6.92 Å². The summed E-state index contributed by atoms with van der Waals surface area (Å²) in [5, 5.41) is 1.09. The minimum absolute atomic E-state index is 0.322. The number of nitrogens with zero attached hydrogens (tertiary/aromatic N) is 2. The van der Waals surface area contributed by atoms with E-state index >= 15 is 0 Å². The Morgan fingerprint density at radius 1 is 1.06 bits per heavy atom. The molecule has 32 heavy (non-hydrogen) atoms. The fourth-order valence-corrected chi connectivity index (χ4v) is 3.89. The van der Waals surface area contributed by atoms with Gasteiger partial charge in [-0.1, -0.05) is 30.3 Å². The Labute approximate surface area is 187 Å². The number of rotatable bonds is 9. The minimum atomic E-state index is -0.611. The van der Waals surface area contributed by atoms with Crippen LogP contribution in [-0.4, -0.2) is 34.8 Å². The molecule has 0 N–H and O–H groups in total. The Kier molecular flexibility index (Phi) is 6.71. The van der Waals surface area contributed by atoms with E-state index in [1.807, 2.05) is 62.5 Å². The second-order valence-electron chi connectivity index (χ2n) is 7.58. The van der Waals surface area contributed by atoms with Crippen LogP contribution >= 0.6 is 0 Å². The van der Waals surface area contributed by atoms with Crippen molar-refractivity contribution in [3.63, 3.8) is 0 Å². The lowest BCUT2D eigenvalue weighted by Crippen LogP contribution is -2.29. The number of carbonyl (C=O) groups is 1. The van der Waals surface area contributed by atoms with Crippen molar-refractivity contribution in [2.24, 2.45) is 0 Å². The lowest BCUT2D eigenvalue weighted by Gasteiger charge is -2.16. The van der Waals surface area contributed by atoms with Gasteiger partial charge in [0.15, 0.2) is 6.10 Å². The molecule has 166 valence electrons.